The van der Waals surface area contributed by atoms with E-state index in [0.717, 1.165) is 11.8 Å². The molecule has 1 atom stereocenters. The van der Waals surface area contributed by atoms with Crippen molar-refractivity contribution in [2.24, 2.45) is 5.92 Å². The molecule has 2 N–H and O–H groups in total. The fourth-order valence-electron chi connectivity index (χ4n) is 2.57. The minimum absolute atomic E-state index is 0.737. The number of aromatic nitrogens is 2. The van der Waals surface area contributed by atoms with E-state index in [9.17, 15) is 0 Å². The third-order valence-electron chi connectivity index (χ3n) is 3.81. The molecule has 1 aliphatic carbocycles. The zero-order chi connectivity index (χ0) is 10.1. The van der Waals surface area contributed by atoms with Crippen LogP contribution in [0.4, 0.5) is 0 Å². The van der Waals surface area contributed by atoms with Crippen LogP contribution in [0.5, 0.6) is 0 Å². The van der Waals surface area contributed by atoms with Crippen LogP contribution in [-0.2, 0) is 6.42 Å². The van der Waals surface area contributed by atoms with E-state index in [4.69, 9.17) is 0 Å². The summed E-state index contributed by atoms with van der Waals surface area (Å²) in [5.41, 5.74) is 1.34. The van der Waals surface area contributed by atoms with Crippen molar-refractivity contribution < 1.29 is 0 Å². The summed E-state index contributed by atoms with van der Waals surface area (Å²) < 4.78 is 0. The van der Waals surface area contributed by atoms with Crippen molar-refractivity contribution >= 4 is 0 Å². The molecule has 1 unspecified atom stereocenters. The molecular weight excluding hydrogens is 186 g/mol. The summed E-state index contributed by atoms with van der Waals surface area (Å²) >= 11 is 0. The molecule has 0 amide bonds. The van der Waals surface area contributed by atoms with Crippen LogP contribution in [0.25, 0.3) is 0 Å². The van der Waals surface area contributed by atoms with Crippen LogP contribution in [-0.4, -0.2) is 23.1 Å². The molecule has 1 saturated heterocycles. The number of imidazole rings is 1. The van der Waals surface area contributed by atoms with Gasteiger partial charge < -0.3 is 10.3 Å². The van der Waals surface area contributed by atoms with Crippen molar-refractivity contribution in [1.82, 2.24) is 15.3 Å². The van der Waals surface area contributed by atoms with Crippen molar-refractivity contribution in [2.75, 3.05) is 13.1 Å². The Kier molecular flexibility index (Phi) is 2.49. The molecule has 0 spiro atoms. The second kappa shape index (κ2) is 3.97. The van der Waals surface area contributed by atoms with Crippen LogP contribution in [0.15, 0.2) is 6.20 Å². The lowest BCUT2D eigenvalue weighted by Crippen LogP contribution is -2.12. The molecule has 3 rings (SSSR count). The van der Waals surface area contributed by atoms with Gasteiger partial charge in [0.25, 0.3) is 0 Å². The van der Waals surface area contributed by atoms with Crippen molar-refractivity contribution in [3.8, 4) is 0 Å². The standard InChI is InChI=1S/C12H19N3/c1-2-10(3-1)12-14-8-11(15-12)6-9-4-5-13-7-9/h8-10,13H,1-7H2,(H,14,15). The summed E-state index contributed by atoms with van der Waals surface area (Å²) in [6, 6.07) is 0. The third kappa shape index (κ3) is 1.93. The molecule has 2 fully saturated rings. The van der Waals surface area contributed by atoms with Gasteiger partial charge in [-0.2, -0.15) is 0 Å². The summed E-state index contributed by atoms with van der Waals surface area (Å²) in [6.45, 7) is 2.37. The Bertz CT molecular complexity index is 321. The highest BCUT2D eigenvalue weighted by atomic mass is 14.9. The van der Waals surface area contributed by atoms with Crippen LogP contribution >= 0.6 is 0 Å². The minimum Gasteiger partial charge on any atom is -0.346 e. The van der Waals surface area contributed by atoms with Crippen molar-refractivity contribution in [3.63, 3.8) is 0 Å². The Balaban J connectivity index is 1.62. The Labute approximate surface area is 90.7 Å². The lowest BCUT2D eigenvalue weighted by atomic mass is 9.85. The van der Waals surface area contributed by atoms with E-state index in [1.54, 1.807) is 0 Å². The van der Waals surface area contributed by atoms with Gasteiger partial charge in [0.15, 0.2) is 0 Å². The first-order valence-electron chi connectivity index (χ1n) is 6.16. The summed E-state index contributed by atoms with van der Waals surface area (Å²) in [7, 11) is 0. The highest BCUT2D eigenvalue weighted by Crippen LogP contribution is 2.34. The summed E-state index contributed by atoms with van der Waals surface area (Å²) in [4.78, 5) is 8.01. The molecule has 2 aliphatic rings. The first-order valence-corrected chi connectivity index (χ1v) is 6.16. The number of aromatic amines is 1. The van der Waals surface area contributed by atoms with Gasteiger partial charge in [-0.3, -0.25) is 0 Å². The molecule has 1 aliphatic heterocycles. The van der Waals surface area contributed by atoms with E-state index in [1.807, 2.05) is 6.20 Å². The van der Waals surface area contributed by atoms with Gasteiger partial charge in [0.1, 0.15) is 5.82 Å². The Morgan fingerprint density at radius 2 is 2.27 bits per heavy atom. The second-order valence-corrected chi connectivity index (χ2v) is 4.98. The molecule has 0 radical (unpaired) electrons. The maximum atomic E-state index is 4.50. The minimum atomic E-state index is 0.737. The molecule has 1 aromatic rings. The molecule has 15 heavy (non-hydrogen) atoms. The van der Waals surface area contributed by atoms with Gasteiger partial charge in [0.2, 0.25) is 0 Å². The Morgan fingerprint density at radius 3 is 2.93 bits per heavy atom. The first kappa shape index (κ1) is 9.40. The lowest BCUT2D eigenvalue weighted by molar-refractivity contribution is 0.403. The van der Waals surface area contributed by atoms with E-state index in [-0.39, 0.29) is 0 Å². The predicted octanol–water partition coefficient (Wildman–Crippen LogP) is 1.83. The number of hydrogen-bond acceptors (Lipinski definition) is 2. The Hall–Kier alpha value is -0.830. The first-order chi connectivity index (χ1) is 7.42. The van der Waals surface area contributed by atoms with Crippen LogP contribution in [0.2, 0.25) is 0 Å². The average molecular weight is 205 g/mol. The number of nitrogens with zero attached hydrogens (tertiary/aromatic N) is 1. The quantitative estimate of drug-likeness (QED) is 0.790. The maximum Gasteiger partial charge on any atom is 0.109 e. The molecule has 3 heteroatoms. The van der Waals surface area contributed by atoms with Crippen LogP contribution < -0.4 is 5.32 Å². The topological polar surface area (TPSA) is 40.7 Å². The maximum absolute atomic E-state index is 4.50. The number of rotatable bonds is 3. The zero-order valence-corrected chi connectivity index (χ0v) is 9.13. The number of H-pyrrole nitrogens is 1. The monoisotopic (exact) mass is 205 g/mol. The largest absolute Gasteiger partial charge is 0.346 e. The fraction of sp³-hybridized carbons (Fsp3) is 0.750. The average Bonchev–Trinajstić information content (AvgIpc) is 2.75. The fourth-order valence-corrected chi connectivity index (χ4v) is 2.57. The Morgan fingerprint density at radius 1 is 1.33 bits per heavy atom. The van der Waals surface area contributed by atoms with Gasteiger partial charge in [-0.1, -0.05) is 6.42 Å². The molecule has 0 bridgehead atoms. The van der Waals surface area contributed by atoms with Crippen molar-refractivity contribution in [2.45, 2.75) is 38.0 Å². The molecule has 82 valence electrons. The third-order valence-corrected chi connectivity index (χ3v) is 3.81. The zero-order valence-electron chi connectivity index (χ0n) is 9.13. The second-order valence-electron chi connectivity index (χ2n) is 4.98. The van der Waals surface area contributed by atoms with E-state index < -0.39 is 0 Å². The van der Waals surface area contributed by atoms with Gasteiger partial charge in [-0.15, -0.1) is 0 Å². The molecule has 1 aromatic heterocycles. The normalized spacial score (nSPS) is 26.8. The van der Waals surface area contributed by atoms with Crippen molar-refractivity contribution in [1.29, 1.82) is 0 Å². The summed E-state index contributed by atoms with van der Waals surface area (Å²) in [6.07, 6.45) is 8.58. The highest BCUT2D eigenvalue weighted by molar-refractivity contribution is 5.08. The van der Waals surface area contributed by atoms with Crippen molar-refractivity contribution in [3.05, 3.63) is 17.7 Å². The van der Waals surface area contributed by atoms with Crippen LogP contribution in [0.1, 0.15) is 43.1 Å². The lowest BCUT2D eigenvalue weighted by Gasteiger charge is -2.22. The van der Waals surface area contributed by atoms with E-state index in [1.165, 1.54) is 56.7 Å². The summed E-state index contributed by atoms with van der Waals surface area (Å²) in [5, 5.41) is 3.41. The molecule has 1 saturated carbocycles. The van der Waals surface area contributed by atoms with Gasteiger partial charge in [0.05, 0.1) is 0 Å². The van der Waals surface area contributed by atoms with E-state index >= 15 is 0 Å². The summed E-state index contributed by atoms with van der Waals surface area (Å²) in [5.74, 6) is 2.79. The SMILES string of the molecule is c1nc(C2CCC2)[nH]c1CC1CCNC1. The van der Waals surface area contributed by atoms with Crippen LogP contribution in [0.3, 0.4) is 0 Å². The predicted molar refractivity (Wildman–Crippen MR) is 59.9 cm³/mol. The highest BCUT2D eigenvalue weighted by Gasteiger charge is 2.23. The van der Waals surface area contributed by atoms with Gasteiger partial charge in [0, 0.05) is 17.8 Å². The molecule has 0 aromatic carbocycles. The van der Waals surface area contributed by atoms with E-state index in [2.05, 4.69) is 15.3 Å². The van der Waals surface area contributed by atoms with Gasteiger partial charge >= 0.3 is 0 Å². The van der Waals surface area contributed by atoms with Gasteiger partial charge in [-0.05, 0) is 44.7 Å². The number of hydrogen-bond donors (Lipinski definition) is 2. The molecular formula is C12H19N3. The number of nitrogens with one attached hydrogen (secondary N) is 2. The smallest absolute Gasteiger partial charge is 0.109 e. The molecule has 3 nitrogen and oxygen atoms in total. The molecule has 2 heterocycles. The van der Waals surface area contributed by atoms with Gasteiger partial charge in [-0.25, -0.2) is 4.98 Å². The van der Waals surface area contributed by atoms with Crippen LogP contribution in [0, 0.1) is 5.92 Å². The van der Waals surface area contributed by atoms with E-state index in [0.29, 0.717) is 0 Å².